The van der Waals surface area contributed by atoms with E-state index in [1.807, 2.05) is 27.8 Å². The number of rotatable bonds is 2. The van der Waals surface area contributed by atoms with E-state index in [0.717, 1.165) is 16.8 Å². The van der Waals surface area contributed by atoms with E-state index >= 15 is 0 Å². The highest BCUT2D eigenvalue weighted by atomic mass is 16.4. The second-order valence-electron chi connectivity index (χ2n) is 6.68. The van der Waals surface area contributed by atoms with Gasteiger partial charge in [-0.25, -0.2) is 4.98 Å². The Balaban J connectivity index is 1.97. The van der Waals surface area contributed by atoms with Gasteiger partial charge in [-0.2, -0.15) is 5.10 Å². The summed E-state index contributed by atoms with van der Waals surface area (Å²) in [5.41, 5.74) is 2.84. The number of amides is 1. The Morgan fingerprint density at radius 1 is 1.33 bits per heavy atom. The SMILES string of the molecule is Cc1cc(C(=O)N2CC[C@H](C(=O)O)[C@H](C)C2)c2c(C)nn(C)c2n1. The number of pyridine rings is 1. The summed E-state index contributed by atoms with van der Waals surface area (Å²) >= 11 is 0. The monoisotopic (exact) mass is 330 g/mol. The van der Waals surface area contributed by atoms with Crippen molar-refractivity contribution < 1.29 is 14.7 Å². The van der Waals surface area contributed by atoms with Crippen molar-refractivity contribution in [3.05, 3.63) is 23.0 Å². The molecule has 2 aromatic rings. The Labute approximate surface area is 140 Å². The molecule has 0 aliphatic carbocycles. The number of aromatic nitrogens is 3. The van der Waals surface area contributed by atoms with E-state index in [4.69, 9.17) is 0 Å². The molecule has 128 valence electrons. The average molecular weight is 330 g/mol. The zero-order valence-electron chi connectivity index (χ0n) is 14.4. The molecule has 1 fully saturated rings. The zero-order valence-corrected chi connectivity index (χ0v) is 14.4. The topological polar surface area (TPSA) is 88.3 Å². The molecule has 2 atom stereocenters. The predicted molar refractivity (Wildman–Crippen MR) is 88.8 cm³/mol. The predicted octanol–water partition coefficient (Wildman–Crippen LogP) is 1.77. The van der Waals surface area contributed by atoms with Crippen LogP contribution < -0.4 is 0 Å². The molecule has 1 N–H and O–H groups in total. The molecule has 2 aromatic heterocycles. The van der Waals surface area contributed by atoms with Gasteiger partial charge in [-0.1, -0.05) is 6.92 Å². The van der Waals surface area contributed by atoms with Crippen LogP contribution in [-0.4, -0.2) is 49.7 Å². The van der Waals surface area contributed by atoms with Crippen LogP contribution in [0.1, 0.15) is 35.1 Å². The van der Waals surface area contributed by atoms with Crippen LogP contribution in [0.3, 0.4) is 0 Å². The number of carbonyl (C=O) groups excluding carboxylic acids is 1. The van der Waals surface area contributed by atoms with E-state index in [2.05, 4.69) is 10.1 Å². The highest BCUT2D eigenvalue weighted by Crippen LogP contribution is 2.27. The first-order valence-corrected chi connectivity index (χ1v) is 8.12. The van der Waals surface area contributed by atoms with Crippen molar-refractivity contribution in [3.63, 3.8) is 0 Å². The van der Waals surface area contributed by atoms with Gasteiger partial charge in [-0.15, -0.1) is 0 Å². The Bertz CT molecular complexity index is 827. The first-order valence-electron chi connectivity index (χ1n) is 8.12. The van der Waals surface area contributed by atoms with Crippen LogP contribution >= 0.6 is 0 Å². The van der Waals surface area contributed by atoms with Crippen molar-refractivity contribution in [2.24, 2.45) is 18.9 Å². The lowest BCUT2D eigenvalue weighted by Crippen LogP contribution is -2.45. The number of likely N-dealkylation sites (tertiary alicyclic amines) is 1. The van der Waals surface area contributed by atoms with Crippen LogP contribution in [0.15, 0.2) is 6.07 Å². The summed E-state index contributed by atoms with van der Waals surface area (Å²) in [7, 11) is 1.82. The van der Waals surface area contributed by atoms with Gasteiger partial charge in [0.15, 0.2) is 5.65 Å². The minimum absolute atomic E-state index is 0.0615. The molecule has 1 saturated heterocycles. The molecule has 0 aromatic carbocycles. The Morgan fingerprint density at radius 2 is 2.04 bits per heavy atom. The molecule has 1 amide bonds. The van der Waals surface area contributed by atoms with E-state index in [-0.39, 0.29) is 17.7 Å². The number of nitrogens with zero attached hydrogens (tertiary/aromatic N) is 4. The number of hydrogen-bond acceptors (Lipinski definition) is 4. The Kier molecular flexibility index (Phi) is 4.03. The molecular weight excluding hydrogens is 308 g/mol. The van der Waals surface area contributed by atoms with Crippen LogP contribution in [-0.2, 0) is 11.8 Å². The van der Waals surface area contributed by atoms with Gasteiger partial charge in [0.2, 0.25) is 0 Å². The quantitative estimate of drug-likeness (QED) is 0.906. The fraction of sp³-hybridized carbons (Fsp3) is 0.529. The lowest BCUT2D eigenvalue weighted by Gasteiger charge is -2.35. The van der Waals surface area contributed by atoms with E-state index < -0.39 is 5.97 Å². The number of fused-ring (bicyclic) bond motifs is 1. The molecule has 0 spiro atoms. The number of carboxylic acid groups (broad SMARTS) is 1. The normalized spacial score (nSPS) is 21.2. The minimum Gasteiger partial charge on any atom is -0.481 e. The van der Waals surface area contributed by atoms with Gasteiger partial charge in [0.25, 0.3) is 5.91 Å². The third kappa shape index (κ3) is 2.64. The van der Waals surface area contributed by atoms with Gasteiger partial charge < -0.3 is 10.0 Å². The molecule has 1 aliphatic heterocycles. The first-order chi connectivity index (χ1) is 11.3. The second kappa shape index (κ2) is 5.89. The Morgan fingerprint density at radius 3 is 2.67 bits per heavy atom. The van der Waals surface area contributed by atoms with Crippen LogP contribution in [0.25, 0.3) is 11.0 Å². The van der Waals surface area contributed by atoms with Crippen LogP contribution in [0.2, 0.25) is 0 Å². The molecule has 0 radical (unpaired) electrons. The van der Waals surface area contributed by atoms with Gasteiger partial charge in [-0.05, 0) is 32.3 Å². The highest BCUT2D eigenvalue weighted by molar-refractivity contribution is 6.06. The molecule has 7 heteroatoms. The summed E-state index contributed by atoms with van der Waals surface area (Å²) in [5, 5.41) is 14.4. The molecule has 3 heterocycles. The van der Waals surface area contributed by atoms with Gasteiger partial charge in [0, 0.05) is 25.8 Å². The van der Waals surface area contributed by atoms with E-state index in [1.54, 1.807) is 15.6 Å². The number of piperidine rings is 1. The highest BCUT2D eigenvalue weighted by Gasteiger charge is 2.34. The fourth-order valence-electron chi connectivity index (χ4n) is 3.61. The lowest BCUT2D eigenvalue weighted by atomic mass is 9.86. The van der Waals surface area contributed by atoms with E-state index in [0.29, 0.717) is 30.7 Å². The summed E-state index contributed by atoms with van der Waals surface area (Å²) < 4.78 is 1.69. The number of hydrogen-bond donors (Lipinski definition) is 1. The maximum atomic E-state index is 13.1. The molecule has 0 saturated carbocycles. The van der Waals surface area contributed by atoms with Crippen LogP contribution in [0.4, 0.5) is 0 Å². The van der Waals surface area contributed by atoms with Crippen molar-refractivity contribution in [2.75, 3.05) is 13.1 Å². The second-order valence-corrected chi connectivity index (χ2v) is 6.68. The minimum atomic E-state index is -0.778. The molecule has 24 heavy (non-hydrogen) atoms. The van der Waals surface area contributed by atoms with Crippen LogP contribution in [0, 0.1) is 25.7 Å². The standard InChI is InChI=1S/C17H22N4O3/c1-9-8-21(6-5-12(9)17(23)24)16(22)13-7-10(2)18-15-14(13)11(3)19-20(15)4/h7,9,12H,5-6,8H2,1-4H3,(H,23,24)/t9-,12+/m1/s1. The van der Waals surface area contributed by atoms with Gasteiger partial charge in [-0.3, -0.25) is 14.3 Å². The molecular formula is C17H22N4O3. The van der Waals surface area contributed by atoms with Crippen molar-refractivity contribution in [1.82, 2.24) is 19.7 Å². The first kappa shape index (κ1) is 16.4. The maximum absolute atomic E-state index is 13.1. The van der Waals surface area contributed by atoms with Gasteiger partial charge >= 0.3 is 5.97 Å². The summed E-state index contributed by atoms with van der Waals surface area (Å²) in [6.45, 7) is 6.54. The van der Waals surface area contributed by atoms with E-state index in [1.165, 1.54) is 0 Å². The fourth-order valence-corrected chi connectivity index (χ4v) is 3.61. The van der Waals surface area contributed by atoms with Crippen LogP contribution in [0.5, 0.6) is 0 Å². The van der Waals surface area contributed by atoms with Crippen molar-refractivity contribution in [1.29, 1.82) is 0 Å². The molecule has 0 unspecified atom stereocenters. The third-order valence-electron chi connectivity index (χ3n) is 4.84. The van der Waals surface area contributed by atoms with Crippen molar-refractivity contribution in [2.45, 2.75) is 27.2 Å². The largest absolute Gasteiger partial charge is 0.481 e. The lowest BCUT2D eigenvalue weighted by molar-refractivity contribution is -0.145. The zero-order chi connectivity index (χ0) is 17.6. The molecule has 3 rings (SSSR count). The number of carboxylic acids is 1. The van der Waals surface area contributed by atoms with E-state index in [9.17, 15) is 14.7 Å². The number of aliphatic carboxylic acids is 1. The van der Waals surface area contributed by atoms with Crippen molar-refractivity contribution in [3.8, 4) is 0 Å². The summed E-state index contributed by atoms with van der Waals surface area (Å²) in [5.74, 6) is -1.29. The molecule has 7 nitrogen and oxygen atoms in total. The smallest absolute Gasteiger partial charge is 0.306 e. The summed E-state index contributed by atoms with van der Waals surface area (Å²) in [6, 6.07) is 1.80. The molecule has 0 bridgehead atoms. The third-order valence-corrected chi connectivity index (χ3v) is 4.84. The number of aryl methyl sites for hydroxylation is 3. The van der Waals surface area contributed by atoms with Gasteiger partial charge in [0.1, 0.15) is 0 Å². The summed E-state index contributed by atoms with van der Waals surface area (Å²) in [6.07, 6.45) is 0.488. The Hall–Kier alpha value is -2.44. The maximum Gasteiger partial charge on any atom is 0.306 e. The number of carbonyl (C=O) groups is 2. The van der Waals surface area contributed by atoms with Gasteiger partial charge in [0.05, 0.1) is 22.6 Å². The summed E-state index contributed by atoms with van der Waals surface area (Å²) in [4.78, 5) is 30.6. The molecule has 1 aliphatic rings. The van der Waals surface area contributed by atoms with Crippen molar-refractivity contribution >= 4 is 22.9 Å². The average Bonchev–Trinajstić information content (AvgIpc) is 2.79.